The molecule has 2 atom stereocenters. The van der Waals surface area contributed by atoms with Crippen molar-refractivity contribution in [2.45, 2.75) is 45.3 Å². The van der Waals surface area contributed by atoms with E-state index in [1.807, 2.05) is 0 Å². The number of halogens is 1. The molecule has 1 saturated heterocycles. The van der Waals surface area contributed by atoms with Crippen molar-refractivity contribution in [3.63, 3.8) is 0 Å². The molecular formula is C16H24FN3. The zero-order valence-electron chi connectivity index (χ0n) is 12.3. The second-order valence-electron chi connectivity index (χ2n) is 6.60. The number of hydrogen-bond acceptors (Lipinski definition) is 3. The smallest absolute Gasteiger partial charge is 0.141 e. The predicted molar refractivity (Wildman–Crippen MR) is 77.7 cm³/mol. The van der Waals surface area contributed by atoms with E-state index in [9.17, 15) is 4.39 Å². The molecule has 2 heterocycles. The summed E-state index contributed by atoms with van der Waals surface area (Å²) in [5, 5.41) is 3.71. The fourth-order valence-corrected chi connectivity index (χ4v) is 3.28. The quantitative estimate of drug-likeness (QED) is 0.916. The van der Waals surface area contributed by atoms with E-state index < -0.39 is 0 Å². The number of hydrogen-bond donors (Lipinski definition) is 1. The zero-order chi connectivity index (χ0) is 14.1. The van der Waals surface area contributed by atoms with Crippen LogP contribution in [-0.2, 0) is 6.54 Å². The normalized spacial score (nSPS) is 28.0. The van der Waals surface area contributed by atoms with Crippen LogP contribution in [0.3, 0.4) is 0 Å². The number of aromatic nitrogens is 1. The standard InChI is InChI=1S/C16H24FN3/c1-11(2)16-8-19-15(13-3-4-13)10-20(16)9-12-5-14(17)7-18-6-12/h5-7,11,13,15-16,19H,3-4,8-10H2,1-2H3. The van der Waals surface area contributed by atoms with Crippen LogP contribution < -0.4 is 5.32 Å². The van der Waals surface area contributed by atoms with Gasteiger partial charge in [0.05, 0.1) is 6.20 Å². The molecule has 3 rings (SSSR count). The van der Waals surface area contributed by atoms with E-state index >= 15 is 0 Å². The molecule has 4 heteroatoms. The molecule has 1 aliphatic carbocycles. The number of nitrogens with zero attached hydrogens (tertiary/aromatic N) is 2. The summed E-state index contributed by atoms with van der Waals surface area (Å²) in [6.45, 7) is 7.45. The first-order chi connectivity index (χ1) is 9.63. The van der Waals surface area contributed by atoms with Crippen molar-refractivity contribution in [2.24, 2.45) is 11.8 Å². The van der Waals surface area contributed by atoms with Crippen molar-refractivity contribution in [1.29, 1.82) is 0 Å². The third-order valence-corrected chi connectivity index (χ3v) is 4.60. The van der Waals surface area contributed by atoms with Crippen LogP contribution in [-0.4, -0.2) is 35.1 Å². The molecule has 1 aromatic rings. The highest BCUT2D eigenvalue weighted by Gasteiger charge is 2.37. The van der Waals surface area contributed by atoms with Gasteiger partial charge < -0.3 is 5.32 Å². The van der Waals surface area contributed by atoms with Crippen LogP contribution in [0.2, 0.25) is 0 Å². The average molecular weight is 277 g/mol. The molecule has 1 aliphatic heterocycles. The first kappa shape index (κ1) is 14.0. The summed E-state index contributed by atoms with van der Waals surface area (Å²) in [6, 6.07) is 2.75. The maximum Gasteiger partial charge on any atom is 0.141 e. The van der Waals surface area contributed by atoms with Gasteiger partial charge in [0.15, 0.2) is 0 Å². The molecule has 1 aromatic heterocycles. The van der Waals surface area contributed by atoms with Gasteiger partial charge in [-0.2, -0.15) is 0 Å². The highest BCUT2D eigenvalue weighted by molar-refractivity contribution is 5.11. The maximum atomic E-state index is 13.3. The number of pyridine rings is 1. The van der Waals surface area contributed by atoms with Crippen molar-refractivity contribution < 1.29 is 4.39 Å². The third-order valence-electron chi connectivity index (χ3n) is 4.60. The van der Waals surface area contributed by atoms with Gasteiger partial charge in [0.25, 0.3) is 0 Å². The number of nitrogens with one attached hydrogen (secondary N) is 1. The molecule has 2 aliphatic rings. The molecule has 1 saturated carbocycles. The Bertz CT molecular complexity index is 459. The topological polar surface area (TPSA) is 28.2 Å². The van der Waals surface area contributed by atoms with Gasteiger partial charge in [-0.1, -0.05) is 13.8 Å². The molecule has 0 spiro atoms. The fraction of sp³-hybridized carbons (Fsp3) is 0.688. The Morgan fingerprint density at radius 3 is 2.85 bits per heavy atom. The lowest BCUT2D eigenvalue weighted by Crippen LogP contribution is -2.58. The first-order valence-corrected chi connectivity index (χ1v) is 7.70. The Balaban J connectivity index is 1.71. The Hall–Kier alpha value is -1.00. The van der Waals surface area contributed by atoms with E-state index in [1.54, 1.807) is 12.3 Å². The molecule has 0 radical (unpaired) electrons. The van der Waals surface area contributed by atoms with Gasteiger partial charge in [-0.25, -0.2) is 4.39 Å². The lowest BCUT2D eigenvalue weighted by Gasteiger charge is -2.42. The highest BCUT2D eigenvalue weighted by Crippen LogP contribution is 2.35. The highest BCUT2D eigenvalue weighted by atomic mass is 19.1. The Morgan fingerprint density at radius 1 is 1.40 bits per heavy atom. The molecule has 0 bridgehead atoms. The van der Waals surface area contributed by atoms with Crippen molar-refractivity contribution in [1.82, 2.24) is 15.2 Å². The second-order valence-corrected chi connectivity index (χ2v) is 6.60. The molecule has 110 valence electrons. The average Bonchev–Trinajstić information content (AvgIpc) is 3.22. The van der Waals surface area contributed by atoms with Crippen LogP contribution in [0.5, 0.6) is 0 Å². The Labute approximate surface area is 120 Å². The first-order valence-electron chi connectivity index (χ1n) is 7.70. The van der Waals surface area contributed by atoms with Crippen molar-refractivity contribution in [3.8, 4) is 0 Å². The monoisotopic (exact) mass is 277 g/mol. The third kappa shape index (κ3) is 3.18. The van der Waals surface area contributed by atoms with Crippen LogP contribution in [0.25, 0.3) is 0 Å². The van der Waals surface area contributed by atoms with Crippen molar-refractivity contribution >= 4 is 0 Å². The largest absolute Gasteiger partial charge is 0.311 e. The molecule has 2 fully saturated rings. The molecule has 20 heavy (non-hydrogen) atoms. The van der Waals surface area contributed by atoms with E-state index in [0.29, 0.717) is 18.0 Å². The molecule has 1 N–H and O–H groups in total. The molecule has 2 unspecified atom stereocenters. The summed E-state index contributed by atoms with van der Waals surface area (Å²) in [4.78, 5) is 6.48. The van der Waals surface area contributed by atoms with E-state index in [4.69, 9.17) is 0 Å². The SMILES string of the molecule is CC(C)C1CNC(C2CC2)CN1Cc1cncc(F)c1. The zero-order valence-corrected chi connectivity index (χ0v) is 12.3. The minimum absolute atomic E-state index is 0.238. The van der Waals surface area contributed by atoms with Gasteiger partial charge >= 0.3 is 0 Å². The van der Waals surface area contributed by atoms with Crippen molar-refractivity contribution in [2.75, 3.05) is 13.1 Å². The van der Waals surface area contributed by atoms with Gasteiger partial charge in [-0.05, 0) is 36.3 Å². The van der Waals surface area contributed by atoms with Gasteiger partial charge in [-0.15, -0.1) is 0 Å². The minimum atomic E-state index is -0.238. The molecule has 0 amide bonds. The minimum Gasteiger partial charge on any atom is -0.311 e. The number of piperazine rings is 1. The summed E-state index contributed by atoms with van der Waals surface area (Å²) < 4.78 is 13.3. The van der Waals surface area contributed by atoms with Gasteiger partial charge in [0.1, 0.15) is 5.82 Å². The van der Waals surface area contributed by atoms with Crippen LogP contribution in [0.15, 0.2) is 18.5 Å². The lowest BCUT2D eigenvalue weighted by atomic mass is 9.96. The molecule has 0 aromatic carbocycles. The van der Waals surface area contributed by atoms with Gasteiger partial charge in [0.2, 0.25) is 0 Å². The summed E-state index contributed by atoms with van der Waals surface area (Å²) in [7, 11) is 0. The molecular weight excluding hydrogens is 253 g/mol. The summed E-state index contributed by atoms with van der Waals surface area (Å²) >= 11 is 0. The fourth-order valence-electron chi connectivity index (χ4n) is 3.28. The van der Waals surface area contributed by atoms with E-state index in [1.165, 1.54) is 19.0 Å². The second kappa shape index (κ2) is 5.78. The van der Waals surface area contributed by atoms with Crippen LogP contribution in [0.4, 0.5) is 4.39 Å². The molecule has 3 nitrogen and oxygen atoms in total. The van der Waals surface area contributed by atoms with E-state index in [-0.39, 0.29) is 5.82 Å². The van der Waals surface area contributed by atoms with Crippen LogP contribution in [0.1, 0.15) is 32.3 Å². The van der Waals surface area contributed by atoms with Crippen LogP contribution >= 0.6 is 0 Å². The Morgan fingerprint density at radius 2 is 2.20 bits per heavy atom. The Kier molecular flexibility index (Phi) is 4.03. The van der Waals surface area contributed by atoms with E-state index in [2.05, 4.69) is 29.0 Å². The van der Waals surface area contributed by atoms with E-state index in [0.717, 1.165) is 31.1 Å². The summed E-state index contributed by atoms with van der Waals surface area (Å²) in [5.74, 6) is 1.22. The van der Waals surface area contributed by atoms with Gasteiger partial charge in [-0.3, -0.25) is 9.88 Å². The summed E-state index contributed by atoms with van der Waals surface area (Å²) in [5.41, 5.74) is 0.979. The lowest BCUT2D eigenvalue weighted by molar-refractivity contribution is 0.0850. The number of rotatable bonds is 4. The van der Waals surface area contributed by atoms with Crippen LogP contribution in [0, 0.1) is 17.7 Å². The van der Waals surface area contributed by atoms with Gasteiger partial charge in [0, 0.05) is 37.9 Å². The maximum absolute atomic E-state index is 13.3. The van der Waals surface area contributed by atoms with Crippen molar-refractivity contribution in [3.05, 3.63) is 29.8 Å². The predicted octanol–water partition coefficient (Wildman–Crippen LogP) is 2.43. The summed E-state index contributed by atoms with van der Waals surface area (Å²) in [6.07, 6.45) is 5.78.